The first-order valence-corrected chi connectivity index (χ1v) is 6.33. The molecular formula is C14H13N2O4-. The van der Waals surface area contributed by atoms with Crippen LogP contribution in [-0.4, -0.2) is 37.3 Å². The fraction of sp³-hybridized carbons (Fsp3) is 0.286. The molecule has 0 unspecified atom stereocenters. The minimum absolute atomic E-state index is 0.177. The van der Waals surface area contributed by atoms with E-state index in [1.54, 1.807) is 6.07 Å². The summed E-state index contributed by atoms with van der Waals surface area (Å²) in [5.41, 5.74) is 1.50. The van der Waals surface area contributed by atoms with E-state index in [0.717, 1.165) is 25.2 Å². The van der Waals surface area contributed by atoms with Gasteiger partial charge in [-0.15, -0.1) is 0 Å². The van der Waals surface area contributed by atoms with Crippen molar-refractivity contribution in [1.29, 1.82) is 0 Å². The Labute approximate surface area is 115 Å². The second-order valence-electron chi connectivity index (χ2n) is 4.47. The van der Waals surface area contributed by atoms with Crippen molar-refractivity contribution in [1.82, 2.24) is 4.98 Å². The topological polar surface area (TPSA) is 78.6 Å². The number of carbonyl (C=O) groups excluding carboxylic acids is 1. The average molecular weight is 273 g/mol. The van der Waals surface area contributed by atoms with E-state index in [1.165, 1.54) is 0 Å². The molecule has 1 aromatic heterocycles. The summed E-state index contributed by atoms with van der Waals surface area (Å²) in [7, 11) is 0. The van der Waals surface area contributed by atoms with Crippen LogP contribution in [0, 0.1) is 0 Å². The highest BCUT2D eigenvalue weighted by Crippen LogP contribution is 2.27. The van der Waals surface area contributed by atoms with Crippen molar-refractivity contribution in [2.45, 2.75) is 0 Å². The molecule has 0 spiro atoms. The number of anilines is 1. The quantitative estimate of drug-likeness (QED) is 0.812. The number of hydrogen-bond donors (Lipinski definition) is 0. The van der Waals surface area contributed by atoms with E-state index in [1.807, 2.05) is 18.2 Å². The van der Waals surface area contributed by atoms with E-state index in [0.29, 0.717) is 18.8 Å². The predicted molar refractivity (Wildman–Crippen MR) is 69.3 cm³/mol. The maximum atomic E-state index is 11.0. The van der Waals surface area contributed by atoms with Crippen molar-refractivity contribution in [2.24, 2.45) is 0 Å². The summed E-state index contributed by atoms with van der Waals surface area (Å²) in [4.78, 5) is 16.8. The molecule has 20 heavy (non-hydrogen) atoms. The number of carbonyl (C=O) groups is 1. The van der Waals surface area contributed by atoms with E-state index in [9.17, 15) is 9.90 Å². The molecule has 2 heterocycles. The molecule has 1 fully saturated rings. The maximum Gasteiger partial charge on any atom is 0.182 e. The Balaban J connectivity index is 1.94. The lowest BCUT2D eigenvalue weighted by atomic mass is 10.1. The molecule has 2 aromatic rings. The highest BCUT2D eigenvalue weighted by molar-refractivity contribution is 5.90. The minimum Gasteiger partial charge on any atom is -0.543 e. The molecule has 6 nitrogen and oxygen atoms in total. The van der Waals surface area contributed by atoms with Crippen LogP contribution in [-0.2, 0) is 4.74 Å². The molecule has 6 heteroatoms. The molecule has 1 aliphatic heterocycles. The van der Waals surface area contributed by atoms with Crippen LogP contribution in [0.25, 0.3) is 11.3 Å². The van der Waals surface area contributed by atoms with Crippen LogP contribution in [0.2, 0.25) is 0 Å². The molecule has 0 amide bonds. The van der Waals surface area contributed by atoms with Gasteiger partial charge < -0.3 is 24.0 Å². The van der Waals surface area contributed by atoms with Gasteiger partial charge in [-0.05, 0) is 12.1 Å². The van der Waals surface area contributed by atoms with Crippen LogP contribution in [0.5, 0.6) is 0 Å². The van der Waals surface area contributed by atoms with Gasteiger partial charge >= 0.3 is 0 Å². The molecule has 0 bridgehead atoms. The molecule has 0 saturated carbocycles. The molecule has 0 aliphatic carbocycles. The lowest BCUT2D eigenvalue weighted by Gasteiger charge is -2.29. The number of carboxylic acids is 1. The SMILES string of the molecule is O=C([O-])c1ncoc1-c1cccc(N2CCOCC2)c1. The van der Waals surface area contributed by atoms with Gasteiger partial charge in [-0.1, -0.05) is 12.1 Å². The monoisotopic (exact) mass is 273 g/mol. The standard InChI is InChI=1S/C14H14N2O4/c17-14(18)12-13(20-9-15-12)10-2-1-3-11(8-10)16-4-6-19-7-5-16/h1-3,8-9H,4-7H2,(H,17,18)/p-1. The van der Waals surface area contributed by atoms with Gasteiger partial charge in [0.25, 0.3) is 0 Å². The van der Waals surface area contributed by atoms with Gasteiger partial charge in [0.1, 0.15) is 5.69 Å². The number of hydrogen-bond acceptors (Lipinski definition) is 6. The van der Waals surface area contributed by atoms with Crippen LogP contribution in [0.1, 0.15) is 10.5 Å². The van der Waals surface area contributed by atoms with Gasteiger partial charge in [0.15, 0.2) is 12.2 Å². The zero-order chi connectivity index (χ0) is 13.9. The van der Waals surface area contributed by atoms with Crippen LogP contribution in [0.4, 0.5) is 5.69 Å². The van der Waals surface area contributed by atoms with E-state index >= 15 is 0 Å². The van der Waals surface area contributed by atoms with Crippen molar-refractivity contribution >= 4 is 11.7 Å². The van der Waals surface area contributed by atoms with Crippen molar-refractivity contribution in [2.75, 3.05) is 31.2 Å². The third-order valence-electron chi connectivity index (χ3n) is 3.25. The zero-order valence-electron chi connectivity index (χ0n) is 10.7. The molecule has 1 saturated heterocycles. The highest BCUT2D eigenvalue weighted by atomic mass is 16.5. The molecule has 1 aliphatic rings. The van der Waals surface area contributed by atoms with Gasteiger partial charge in [-0.3, -0.25) is 0 Å². The number of aromatic carboxylic acids is 1. The largest absolute Gasteiger partial charge is 0.543 e. The number of morpholine rings is 1. The van der Waals surface area contributed by atoms with Crippen LogP contribution in [0.3, 0.4) is 0 Å². The summed E-state index contributed by atoms with van der Waals surface area (Å²) in [6, 6.07) is 7.51. The fourth-order valence-electron chi connectivity index (χ4n) is 2.26. The smallest absolute Gasteiger partial charge is 0.182 e. The van der Waals surface area contributed by atoms with E-state index in [2.05, 4.69) is 9.88 Å². The second kappa shape index (κ2) is 5.34. The number of nitrogens with zero attached hydrogens (tertiary/aromatic N) is 2. The van der Waals surface area contributed by atoms with Crippen LogP contribution >= 0.6 is 0 Å². The Kier molecular flexibility index (Phi) is 3.39. The molecule has 0 radical (unpaired) electrons. The molecule has 0 atom stereocenters. The Hall–Kier alpha value is -2.34. The van der Waals surface area contributed by atoms with E-state index in [-0.39, 0.29) is 11.5 Å². The first-order chi connectivity index (χ1) is 9.75. The summed E-state index contributed by atoms with van der Waals surface area (Å²) in [6.45, 7) is 3.01. The van der Waals surface area contributed by atoms with Gasteiger partial charge in [0.2, 0.25) is 0 Å². The van der Waals surface area contributed by atoms with Crippen molar-refractivity contribution in [3.05, 3.63) is 36.4 Å². The Morgan fingerprint density at radius 1 is 1.30 bits per heavy atom. The summed E-state index contributed by atoms with van der Waals surface area (Å²) in [6.07, 6.45) is 1.11. The predicted octanol–water partition coefficient (Wildman–Crippen LogP) is 0.542. The fourth-order valence-corrected chi connectivity index (χ4v) is 2.26. The number of aromatic nitrogens is 1. The molecule has 104 valence electrons. The third-order valence-corrected chi connectivity index (χ3v) is 3.25. The minimum atomic E-state index is -1.34. The van der Waals surface area contributed by atoms with Crippen LogP contribution in [0.15, 0.2) is 35.1 Å². The Bertz CT molecular complexity index is 617. The van der Waals surface area contributed by atoms with Gasteiger partial charge in [-0.25, -0.2) is 4.98 Å². The molecule has 0 N–H and O–H groups in total. The number of benzene rings is 1. The third kappa shape index (κ3) is 2.37. The maximum absolute atomic E-state index is 11.0. The first-order valence-electron chi connectivity index (χ1n) is 6.33. The molecule has 1 aromatic carbocycles. The first kappa shape index (κ1) is 12.7. The average Bonchev–Trinajstić information content (AvgIpc) is 2.98. The number of rotatable bonds is 3. The Morgan fingerprint density at radius 2 is 2.10 bits per heavy atom. The molecule has 3 rings (SSSR count). The Morgan fingerprint density at radius 3 is 2.85 bits per heavy atom. The number of oxazole rings is 1. The van der Waals surface area contributed by atoms with Crippen molar-refractivity contribution in [3.8, 4) is 11.3 Å². The number of carboxylic acid groups (broad SMARTS) is 1. The summed E-state index contributed by atoms with van der Waals surface area (Å²) >= 11 is 0. The van der Waals surface area contributed by atoms with Gasteiger partial charge in [0, 0.05) is 24.3 Å². The summed E-state index contributed by atoms with van der Waals surface area (Å²) in [5, 5.41) is 11.0. The lowest BCUT2D eigenvalue weighted by molar-refractivity contribution is -0.255. The van der Waals surface area contributed by atoms with Gasteiger partial charge in [0.05, 0.1) is 19.2 Å². The summed E-state index contributed by atoms with van der Waals surface area (Å²) in [5.74, 6) is -1.12. The lowest BCUT2D eigenvalue weighted by Crippen LogP contribution is -2.36. The van der Waals surface area contributed by atoms with Crippen molar-refractivity contribution in [3.63, 3.8) is 0 Å². The van der Waals surface area contributed by atoms with E-state index in [4.69, 9.17) is 9.15 Å². The van der Waals surface area contributed by atoms with Crippen molar-refractivity contribution < 1.29 is 19.1 Å². The normalized spacial score (nSPS) is 15.3. The van der Waals surface area contributed by atoms with Crippen LogP contribution < -0.4 is 10.0 Å². The number of ether oxygens (including phenoxy) is 1. The second-order valence-corrected chi connectivity index (χ2v) is 4.47. The zero-order valence-corrected chi connectivity index (χ0v) is 10.7. The van der Waals surface area contributed by atoms with Gasteiger partial charge in [-0.2, -0.15) is 0 Å². The van der Waals surface area contributed by atoms with E-state index < -0.39 is 5.97 Å². The summed E-state index contributed by atoms with van der Waals surface area (Å²) < 4.78 is 10.5. The molecular weight excluding hydrogens is 260 g/mol. The highest BCUT2D eigenvalue weighted by Gasteiger charge is 2.15.